The Morgan fingerprint density at radius 3 is 2.12 bits per heavy atom. The van der Waals surface area contributed by atoms with Gasteiger partial charge in [0, 0.05) is 6.04 Å². The van der Waals surface area contributed by atoms with E-state index < -0.39 is 13.4 Å². The monoisotopic (exact) mass is 262 g/mol. The molecule has 90 valence electrons. The molecule has 1 saturated heterocycles. The van der Waals surface area contributed by atoms with Crippen molar-refractivity contribution in [2.45, 2.75) is 25.8 Å². The molecule has 0 amide bonds. The molecule has 0 spiro atoms. The summed E-state index contributed by atoms with van der Waals surface area (Å²) in [5.41, 5.74) is 0. The number of piperidine rings is 1. The summed E-state index contributed by atoms with van der Waals surface area (Å²) in [4.78, 5) is 3.75. The molecule has 0 bridgehead atoms. The summed E-state index contributed by atoms with van der Waals surface area (Å²) >= 11 is 0. The number of halogens is 3. The van der Waals surface area contributed by atoms with Crippen molar-refractivity contribution in [1.82, 2.24) is 9.80 Å². The number of rotatable bonds is 4. The van der Waals surface area contributed by atoms with E-state index in [1.54, 1.807) is 7.05 Å². The molecule has 1 fully saturated rings. The Labute approximate surface area is 138 Å². The van der Waals surface area contributed by atoms with E-state index in [2.05, 4.69) is 11.8 Å². The Balaban J connectivity index is 0.00000225. The van der Waals surface area contributed by atoms with Crippen molar-refractivity contribution in [3.8, 4) is 0 Å². The molecule has 1 aliphatic heterocycles. The van der Waals surface area contributed by atoms with Gasteiger partial charge in [0.05, 0.1) is 0 Å². The summed E-state index contributed by atoms with van der Waals surface area (Å²) in [6.45, 7) is 0.262. The first-order valence-corrected chi connectivity index (χ1v) is 5.56. The van der Waals surface area contributed by atoms with E-state index in [4.69, 9.17) is 0 Å². The maximum absolute atomic E-state index is 12.2. The van der Waals surface area contributed by atoms with Crippen LogP contribution in [0.1, 0.15) is 19.8 Å². The van der Waals surface area contributed by atoms with Crippen LogP contribution in [0.25, 0.3) is 0 Å². The Morgan fingerprint density at radius 2 is 1.75 bits per heavy atom. The summed E-state index contributed by atoms with van der Waals surface area (Å²) < 4.78 is 36.6. The molecule has 0 N–H and O–H groups in total. The van der Waals surface area contributed by atoms with Gasteiger partial charge in [0.2, 0.25) is 0 Å². The summed E-state index contributed by atoms with van der Waals surface area (Å²) in [5, 5.41) is 0. The Bertz CT molecular complexity index is 196. The van der Waals surface area contributed by atoms with Gasteiger partial charge in [0.15, 0.2) is 0 Å². The smallest absolute Gasteiger partial charge is 0.448 e. The molecule has 0 aromatic rings. The van der Waals surface area contributed by atoms with E-state index in [0.717, 1.165) is 32.5 Å². The van der Waals surface area contributed by atoms with Crippen molar-refractivity contribution in [3.63, 3.8) is 0 Å². The van der Waals surface area contributed by atoms with Gasteiger partial charge >= 0.3 is 58.4 Å². The second kappa shape index (κ2) is 7.76. The molecule has 7 heteroatoms. The van der Waals surface area contributed by atoms with Gasteiger partial charge < -0.3 is 22.7 Å². The van der Waals surface area contributed by atoms with E-state index in [1.165, 1.54) is 4.90 Å². The van der Waals surface area contributed by atoms with Crippen molar-refractivity contribution < 1.29 is 64.3 Å². The van der Waals surface area contributed by atoms with Gasteiger partial charge in [-0.2, -0.15) is 0 Å². The third kappa shape index (κ3) is 6.37. The van der Waals surface area contributed by atoms with Crippen molar-refractivity contribution in [2.24, 2.45) is 0 Å². The fourth-order valence-corrected chi connectivity index (χ4v) is 2.15. The van der Waals surface area contributed by atoms with Gasteiger partial charge in [-0.15, -0.1) is 0 Å². The van der Waals surface area contributed by atoms with Crippen molar-refractivity contribution in [2.75, 3.05) is 33.1 Å². The maximum Gasteiger partial charge on any atom is 1.00 e. The van der Waals surface area contributed by atoms with Crippen LogP contribution in [0.15, 0.2) is 0 Å². The van der Waals surface area contributed by atoms with E-state index in [1.807, 2.05) is 0 Å². The molecule has 2 nitrogen and oxygen atoms in total. The predicted octanol–water partition coefficient (Wildman–Crippen LogP) is -1.21. The van der Waals surface area contributed by atoms with Crippen LogP contribution in [0.4, 0.5) is 12.9 Å². The third-order valence-corrected chi connectivity index (χ3v) is 3.12. The zero-order chi connectivity index (χ0) is 11.5. The minimum atomic E-state index is -4.68. The van der Waals surface area contributed by atoms with E-state index in [9.17, 15) is 12.9 Å². The first-order valence-electron chi connectivity index (χ1n) is 5.56. The van der Waals surface area contributed by atoms with Crippen LogP contribution in [-0.2, 0) is 0 Å². The first kappa shape index (κ1) is 17.4. The maximum atomic E-state index is 12.2. The van der Waals surface area contributed by atoms with Crippen molar-refractivity contribution in [1.29, 1.82) is 0 Å². The number of likely N-dealkylation sites (tertiary alicyclic amines) is 1. The molecule has 0 atom stereocenters. The largest absolute Gasteiger partial charge is 1.00 e. The SMILES string of the molecule is CCN1CCC(N(C)C[B-](F)(F)F)CC1.[K+]. The quantitative estimate of drug-likeness (QED) is 0.587. The molecular formula is C9H19BF3KN2. The average Bonchev–Trinajstić information content (AvgIpc) is 2.15. The average molecular weight is 262 g/mol. The Morgan fingerprint density at radius 1 is 1.25 bits per heavy atom. The molecule has 0 aliphatic carbocycles. The molecule has 0 aromatic heterocycles. The molecule has 1 aliphatic rings. The fourth-order valence-electron chi connectivity index (χ4n) is 2.15. The van der Waals surface area contributed by atoms with Gasteiger partial charge in [0.1, 0.15) is 0 Å². The van der Waals surface area contributed by atoms with Gasteiger partial charge in [-0.1, -0.05) is 6.92 Å². The van der Waals surface area contributed by atoms with Crippen LogP contribution in [0.5, 0.6) is 0 Å². The minimum absolute atomic E-state index is 0. The molecule has 0 radical (unpaired) electrons. The normalized spacial score (nSPS) is 19.9. The van der Waals surface area contributed by atoms with Crippen molar-refractivity contribution in [3.05, 3.63) is 0 Å². The minimum Gasteiger partial charge on any atom is -0.448 e. The zero-order valence-corrected chi connectivity index (χ0v) is 13.5. The van der Waals surface area contributed by atoms with Gasteiger partial charge in [-0.05, 0) is 46.0 Å². The molecule has 1 heterocycles. The van der Waals surface area contributed by atoms with Crippen LogP contribution in [0.2, 0.25) is 0 Å². The van der Waals surface area contributed by atoms with Gasteiger partial charge in [-0.3, -0.25) is 0 Å². The number of nitrogens with zero attached hydrogens (tertiary/aromatic N) is 2. The molecule has 0 saturated carbocycles. The van der Waals surface area contributed by atoms with Gasteiger partial charge in [0.25, 0.3) is 0 Å². The summed E-state index contributed by atoms with van der Waals surface area (Å²) in [5.74, 6) is 0. The third-order valence-electron chi connectivity index (χ3n) is 3.12. The van der Waals surface area contributed by atoms with E-state index >= 15 is 0 Å². The van der Waals surface area contributed by atoms with Crippen LogP contribution in [0.3, 0.4) is 0 Å². The summed E-state index contributed by atoms with van der Waals surface area (Å²) in [6.07, 6.45) is 0.990. The molecule has 0 unspecified atom stereocenters. The van der Waals surface area contributed by atoms with Crippen LogP contribution >= 0.6 is 0 Å². The second-order valence-electron chi connectivity index (χ2n) is 4.32. The Kier molecular flexibility index (Phi) is 8.44. The fraction of sp³-hybridized carbons (Fsp3) is 1.00. The topological polar surface area (TPSA) is 6.48 Å². The molecule has 0 aromatic carbocycles. The van der Waals surface area contributed by atoms with Crippen LogP contribution in [-0.4, -0.2) is 55.9 Å². The summed E-state index contributed by atoms with van der Waals surface area (Å²) in [6, 6.07) is 0.108. The second-order valence-corrected chi connectivity index (χ2v) is 4.32. The van der Waals surface area contributed by atoms with Crippen LogP contribution in [0, 0.1) is 0 Å². The molecule has 16 heavy (non-hydrogen) atoms. The van der Waals surface area contributed by atoms with Crippen LogP contribution < -0.4 is 51.4 Å². The standard InChI is InChI=1S/C9H19BF3N2.K/c1-3-15-6-4-9(5-7-15)14(2)8-10(11,12)13;/h9H,3-8H2,1-2H3;/q-1;+1. The number of hydrogen-bond donors (Lipinski definition) is 0. The first-order chi connectivity index (χ1) is 6.92. The van der Waals surface area contributed by atoms with E-state index in [0.29, 0.717) is 0 Å². The van der Waals surface area contributed by atoms with Gasteiger partial charge in [-0.25, -0.2) is 0 Å². The van der Waals surface area contributed by atoms with E-state index in [-0.39, 0.29) is 57.4 Å². The predicted molar refractivity (Wildman–Crippen MR) is 56.8 cm³/mol. The summed E-state index contributed by atoms with van der Waals surface area (Å²) in [7, 11) is 1.58. The zero-order valence-electron chi connectivity index (χ0n) is 10.4. The molecular weight excluding hydrogens is 243 g/mol. The van der Waals surface area contributed by atoms with Crippen molar-refractivity contribution >= 4 is 6.98 Å². The Hall–Kier alpha value is 1.41. The number of hydrogen-bond acceptors (Lipinski definition) is 2. The molecule has 1 rings (SSSR count).